The van der Waals surface area contributed by atoms with Crippen LogP contribution in [0.3, 0.4) is 0 Å². The lowest BCUT2D eigenvalue weighted by molar-refractivity contribution is 0.291. The molecule has 22 heavy (non-hydrogen) atoms. The monoisotopic (exact) mass is 302 g/mol. The summed E-state index contributed by atoms with van der Waals surface area (Å²) in [6, 6.07) is 1.97. The van der Waals surface area contributed by atoms with E-state index >= 15 is 0 Å². The Kier molecular flexibility index (Phi) is 4.22. The lowest BCUT2D eigenvalue weighted by atomic mass is 9.85. The van der Waals surface area contributed by atoms with Crippen LogP contribution in [0.4, 0.5) is 11.6 Å². The van der Waals surface area contributed by atoms with Crippen molar-refractivity contribution in [2.24, 2.45) is 0 Å². The van der Waals surface area contributed by atoms with Crippen molar-refractivity contribution in [3.8, 4) is 0 Å². The molecule has 1 aliphatic rings. The molecule has 0 atom stereocenters. The fraction of sp³-hybridized carbons (Fsp3) is 0.600. The fourth-order valence-corrected chi connectivity index (χ4v) is 2.36. The molecule has 118 valence electrons. The lowest BCUT2D eigenvalue weighted by Crippen LogP contribution is -2.21. The van der Waals surface area contributed by atoms with Crippen LogP contribution in [0.25, 0.3) is 0 Å². The Balaban J connectivity index is 1.68. The zero-order valence-electron chi connectivity index (χ0n) is 13.4. The van der Waals surface area contributed by atoms with E-state index in [9.17, 15) is 0 Å². The van der Waals surface area contributed by atoms with Gasteiger partial charge in [0, 0.05) is 32.6 Å². The van der Waals surface area contributed by atoms with Crippen molar-refractivity contribution in [3.63, 3.8) is 0 Å². The van der Waals surface area contributed by atoms with Crippen LogP contribution in [-0.2, 0) is 6.54 Å². The van der Waals surface area contributed by atoms with Gasteiger partial charge < -0.3 is 14.3 Å². The Labute approximate surface area is 130 Å². The van der Waals surface area contributed by atoms with Gasteiger partial charge in [0.2, 0.25) is 5.89 Å². The summed E-state index contributed by atoms with van der Waals surface area (Å²) in [5.41, 5.74) is 0. The van der Waals surface area contributed by atoms with E-state index in [0.29, 0.717) is 18.3 Å². The van der Waals surface area contributed by atoms with E-state index in [1.165, 1.54) is 6.42 Å². The molecule has 1 aliphatic carbocycles. The van der Waals surface area contributed by atoms with Crippen LogP contribution in [0.15, 0.2) is 16.9 Å². The van der Waals surface area contributed by atoms with E-state index in [2.05, 4.69) is 31.9 Å². The van der Waals surface area contributed by atoms with Crippen LogP contribution in [0.2, 0.25) is 0 Å². The smallest absolute Gasteiger partial charge is 0.229 e. The maximum atomic E-state index is 5.36. The molecule has 0 N–H and O–H groups in total. The van der Waals surface area contributed by atoms with Crippen molar-refractivity contribution in [3.05, 3.63) is 24.1 Å². The van der Waals surface area contributed by atoms with Gasteiger partial charge in [0.1, 0.15) is 18.0 Å². The molecular formula is C15H22N6O. The van der Waals surface area contributed by atoms with Crippen molar-refractivity contribution in [1.82, 2.24) is 20.1 Å². The van der Waals surface area contributed by atoms with Gasteiger partial charge in [0.15, 0.2) is 5.82 Å². The van der Waals surface area contributed by atoms with Gasteiger partial charge in [-0.2, -0.15) is 4.98 Å². The Bertz CT molecular complexity index is 624. The first-order valence-electron chi connectivity index (χ1n) is 7.74. The molecule has 0 radical (unpaired) electrons. The average Bonchev–Trinajstić information content (AvgIpc) is 2.92. The maximum Gasteiger partial charge on any atom is 0.229 e. The highest BCUT2D eigenvalue weighted by Crippen LogP contribution is 2.35. The molecule has 0 aliphatic heterocycles. The second kappa shape index (κ2) is 6.29. The SMILES string of the molecule is CCN(C)c1cc(N(C)Cc2noc(C3CCC3)n2)ncn1. The summed E-state index contributed by atoms with van der Waals surface area (Å²) < 4.78 is 5.36. The summed E-state index contributed by atoms with van der Waals surface area (Å²) in [5, 5.41) is 4.08. The minimum absolute atomic E-state index is 0.468. The quantitative estimate of drug-likeness (QED) is 0.810. The largest absolute Gasteiger partial charge is 0.360 e. The van der Waals surface area contributed by atoms with Crippen LogP contribution in [-0.4, -0.2) is 40.7 Å². The molecule has 7 nitrogen and oxygen atoms in total. The molecule has 0 saturated heterocycles. The second-order valence-electron chi connectivity index (χ2n) is 5.78. The number of anilines is 2. The second-order valence-corrected chi connectivity index (χ2v) is 5.78. The summed E-state index contributed by atoms with van der Waals surface area (Å²) in [5.74, 6) is 3.70. The average molecular weight is 302 g/mol. The van der Waals surface area contributed by atoms with Gasteiger partial charge >= 0.3 is 0 Å². The zero-order valence-corrected chi connectivity index (χ0v) is 13.4. The Morgan fingerprint density at radius 3 is 2.55 bits per heavy atom. The van der Waals surface area contributed by atoms with Gasteiger partial charge in [-0.1, -0.05) is 11.6 Å². The summed E-state index contributed by atoms with van der Waals surface area (Å²) in [6.07, 6.45) is 5.17. The number of rotatable bonds is 6. The zero-order chi connectivity index (χ0) is 15.5. The van der Waals surface area contributed by atoms with Crippen LogP contribution >= 0.6 is 0 Å². The first-order valence-corrected chi connectivity index (χ1v) is 7.74. The standard InChI is InChI=1S/C15H22N6O/c1-4-20(2)13-8-14(17-10-16-13)21(3)9-12-18-15(22-19-12)11-6-5-7-11/h8,10-11H,4-7,9H2,1-3H3. The molecule has 3 rings (SSSR count). The molecule has 2 aromatic rings. The number of hydrogen-bond acceptors (Lipinski definition) is 7. The minimum Gasteiger partial charge on any atom is -0.360 e. The molecule has 0 amide bonds. The lowest BCUT2D eigenvalue weighted by Gasteiger charge is -2.21. The molecule has 7 heteroatoms. The van der Waals surface area contributed by atoms with Crippen molar-refractivity contribution >= 4 is 11.6 Å². The summed E-state index contributed by atoms with van der Waals surface area (Å²) in [7, 11) is 3.98. The maximum absolute atomic E-state index is 5.36. The van der Waals surface area contributed by atoms with Gasteiger partial charge in [0.05, 0.1) is 6.54 Å². The molecular weight excluding hydrogens is 280 g/mol. The van der Waals surface area contributed by atoms with Crippen molar-refractivity contribution < 1.29 is 4.52 Å². The van der Waals surface area contributed by atoms with Crippen LogP contribution < -0.4 is 9.80 Å². The highest BCUT2D eigenvalue weighted by molar-refractivity contribution is 5.49. The predicted molar refractivity (Wildman–Crippen MR) is 84.0 cm³/mol. The molecule has 1 fully saturated rings. The Morgan fingerprint density at radius 2 is 1.91 bits per heavy atom. The highest BCUT2D eigenvalue weighted by Gasteiger charge is 2.25. The van der Waals surface area contributed by atoms with E-state index in [0.717, 1.165) is 36.9 Å². The van der Waals surface area contributed by atoms with Gasteiger partial charge in [-0.15, -0.1) is 0 Å². The molecule has 0 spiro atoms. The molecule has 0 aromatic carbocycles. The van der Waals surface area contributed by atoms with E-state index in [4.69, 9.17) is 4.52 Å². The minimum atomic E-state index is 0.468. The molecule has 1 saturated carbocycles. The number of nitrogens with zero attached hydrogens (tertiary/aromatic N) is 6. The van der Waals surface area contributed by atoms with Gasteiger partial charge in [-0.25, -0.2) is 9.97 Å². The summed E-state index contributed by atoms with van der Waals surface area (Å²) in [4.78, 5) is 17.2. The van der Waals surface area contributed by atoms with E-state index < -0.39 is 0 Å². The van der Waals surface area contributed by atoms with Gasteiger partial charge in [0.25, 0.3) is 0 Å². The fourth-order valence-electron chi connectivity index (χ4n) is 2.36. The predicted octanol–water partition coefficient (Wildman–Crippen LogP) is 2.22. The summed E-state index contributed by atoms with van der Waals surface area (Å²) >= 11 is 0. The van der Waals surface area contributed by atoms with Gasteiger partial charge in [-0.05, 0) is 19.8 Å². The normalized spacial score (nSPS) is 14.7. The topological polar surface area (TPSA) is 71.2 Å². The third kappa shape index (κ3) is 3.03. The van der Waals surface area contributed by atoms with Crippen LogP contribution in [0.1, 0.15) is 43.8 Å². The summed E-state index contributed by atoms with van der Waals surface area (Å²) in [6.45, 7) is 3.56. The Morgan fingerprint density at radius 1 is 1.18 bits per heavy atom. The molecule has 0 unspecified atom stereocenters. The van der Waals surface area contributed by atoms with Crippen LogP contribution in [0, 0.1) is 0 Å². The number of hydrogen-bond donors (Lipinski definition) is 0. The van der Waals surface area contributed by atoms with Gasteiger partial charge in [-0.3, -0.25) is 0 Å². The number of aromatic nitrogens is 4. The first-order chi connectivity index (χ1) is 10.7. The Hall–Kier alpha value is -2.18. The van der Waals surface area contributed by atoms with E-state index in [1.807, 2.05) is 25.1 Å². The molecule has 2 aromatic heterocycles. The first kappa shape index (κ1) is 14.7. The van der Waals surface area contributed by atoms with Crippen molar-refractivity contribution in [1.29, 1.82) is 0 Å². The highest BCUT2D eigenvalue weighted by atomic mass is 16.5. The van der Waals surface area contributed by atoms with Crippen molar-refractivity contribution in [2.45, 2.75) is 38.6 Å². The van der Waals surface area contributed by atoms with E-state index in [1.54, 1.807) is 6.33 Å². The third-order valence-electron chi connectivity index (χ3n) is 4.21. The van der Waals surface area contributed by atoms with E-state index in [-0.39, 0.29) is 0 Å². The third-order valence-corrected chi connectivity index (χ3v) is 4.21. The van der Waals surface area contributed by atoms with Crippen LogP contribution in [0.5, 0.6) is 0 Å². The molecule has 2 heterocycles. The van der Waals surface area contributed by atoms with Crippen molar-refractivity contribution in [2.75, 3.05) is 30.4 Å². The molecule has 0 bridgehead atoms.